The molecule has 0 unspecified atom stereocenters. The van der Waals surface area contributed by atoms with Crippen molar-refractivity contribution in [3.8, 4) is 11.5 Å². The van der Waals surface area contributed by atoms with Crippen LogP contribution in [0.2, 0.25) is 0 Å². The maximum Gasteiger partial charge on any atom is 0.192 e. The molecule has 0 saturated carbocycles. The number of fused-ring (bicyclic) bond motifs is 2. The smallest absolute Gasteiger partial charge is 0.192 e. The number of unbranched alkanes of at least 4 members (excludes halogenated alkanes) is 1. The Morgan fingerprint density at radius 2 is 1.59 bits per heavy atom. The van der Waals surface area contributed by atoms with Crippen LogP contribution in [0.1, 0.15) is 12.8 Å². The van der Waals surface area contributed by atoms with Gasteiger partial charge in [-0.05, 0) is 36.4 Å². The summed E-state index contributed by atoms with van der Waals surface area (Å²) in [6, 6.07) is 21.0. The minimum absolute atomic E-state index is 0.0478. The molecule has 0 atom stereocenters. The number of hydrogen-bond donors (Lipinski definition) is 0. The summed E-state index contributed by atoms with van der Waals surface area (Å²) in [5.41, 5.74) is 0.493. The van der Waals surface area contributed by atoms with Gasteiger partial charge in [0, 0.05) is 17.5 Å². The fourth-order valence-electron chi connectivity index (χ4n) is 3.05. The molecule has 4 nitrogen and oxygen atoms in total. The molecular weight excluding hydrogens is 340 g/mol. The number of rotatable bonds is 7. The van der Waals surface area contributed by atoms with E-state index in [1.54, 1.807) is 18.2 Å². The predicted octanol–water partition coefficient (Wildman–Crippen LogP) is 5.18. The zero-order valence-electron chi connectivity index (χ0n) is 14.9. The number of benzene rings is 3. The molecule has 1 aromatic heterocycles. The van der Waals surface area contributed by atoms with Gasteiger partial charge in [0.2, 0.25) is 0 Å². The first-order valence-electron chi connectivity index (χ1n) is 9.06. The molecule has 1 heterocycles. The van der Waals surface area contributed by atoms with Crippen molar-refractivity contribution in [2.45, 2.75) is 12.8 Å². The first kappa shape index (κ1) is 17.2. The lowest BCUT2D eigenvalue weighted by molar-refractivity contribution is 0.268. The van der Waals surface area contributed by atoms with Crippen LogP contribution in [0.15, 0.2) is 82.2 Å². The Morgan fingerprint density at radius 1 is 0.778 bits per heavy atom. The van der Waals surface area contributed by atoms with E-state index in [1.807, 2.05) is 24.3 Å². The molecule has 3 aromatic carbocycles. The van der Waals surface area contributed by atoms with E-state index in [1.165, 1.54) is 17.7 Å². The number of ether oxygens (including phenoxy) is 2. The van der Waals surface area contributed by atoms with Crippen LogP contribution in [0.25, 0.3) is 21.7 Å². The second-order valence-electron chi connectivity index (χ2n) is 6.32. The molecule has 0 N–H and O–H groups in total. The molecule has 27 heavy (non-hydrogen) atoms. The summed E-state index contributed by atoms with van der Waals surface area (Å²) in [6.07, 6.45) is 3.17. The van der Waals surface area contributed by atoms with Crippen molar-refractivity contribution in [3.05, 3.63) is 83.2 Å². The van der Waals surface area contributed by atoms with Crippen molar-refractivity contribution < 1.29 is 13.9 Å². The van der Waals surface area contributed by atoms with E-state index in [9.17, 15) is 4.79 Å². The van der Waals surface area contributed by atoms with Crippen LogP contribution in [0.5, 0.6) is 11.5 Å². The highest BCUT2D eigenvalue weighted by molar-refractivity contribution is 5.88. The average Bonchev–Trinajstić information content (AvgIpc) is 2.71. The molecule has 4 heteroatoms. The van der Waals surface area contributed by atoms with Crippen LogP contribution in [0.3, 0.4) is 0 Å². The summed E-state index contributed by atoms with van der Waals surface area (Å²) in [5, 5.41) is 2.88. The van der Waals surface area contributed by atoms with E-state index < -0.39 is 0 Å². The van der Waals surface area contributed by atoms with E-state index in [0.29, 0.717) is 29.9 Å². The monoisotopic (exact) mass is 360 g/mol. The van der Waals surface area contributed by atoms with Gasteiger partial charge in [0.15, 0.2) is 5.43 Å². The van der Waals surface area contributed by atoms with Gasteiger partial charge in [-0.1, -0.05) is 36.4 Å². The molecule has 136 valence electrons. The zero-order valence-corrected chi connectivity index (χ0v) is 14.9. The highest BCUT2D eigenvalue weighted by Crippen LogP contribution is 2.25. The van der Waals surface area contributed by atoms with Crippen LogP contribution in [-0.4, -0.2) is 13.2 Å². The largest absolute Gasteiger partial charge is 0.493 e. The van der Waals surface area contributed by atoms with Gasteiger partial charge in [-0.25, -0.2) is 0 Å². The maximum absolute atomic E-state index is 11.7. The Morgan fingerprint density at radius 3 is 2.52 bits per heavy atom. The van der Waals surface area contributed by atoms with Gasteiger partial charge in [0.25, 0.3) is 0 Å². The van der Waals surface area contributed by atoms with Crippen molar-refractivity contribution in [1.29, 1.82) is 0 Å². The fraction of sp³-hybridized carbons (Fsp3) is 0.174. The average molecular weight is 360 g/mol. The van der Waals surface area contributed by atoms with Gasteiger partial charge in [-0.2, -0.15) is 0 Å². The summed E-state index contributed by atoms with van der Waals surface area (Å²) in [5.74, 6) is 1.62. The molecule has 0 aliphatic rings. The SMILES string of the molecule is O=c1ccoc2cc(OCCCCOc3cccc4ccccc34)ccc12. The quantitative estimate of drug-likeness (QED) is 0.426. The van der Waals surface area contributed by atoms with E-state index >= 15 is 0 Å². The van der Waals surface area contributed by atoms with Crippen molar-refractivity contribution in [3.63, 3.8) is 0 Å². The van der Waals surface area contributed by atoms with Crippen LogP contribution < -0.4 is 14.9 Å². The molecular formula is C23H20O4. The molecule has 0 spiro atoms. The summed E-state index contributed by atoms with van der Waals surface area (Å²) < 4.78 is 17.1. The van der Waals surface area contributed by atoms with Gasteiger partial charge in [0.05, 0.1) is 24.9 Å². The Kier molecular flexibility index (Phi) is 5.06. The first-order chi connectivity index (χ1) is 13.3. The normalized spacial score (nSPS) is 11.0. The molecule has 0 fully saturated rings. The Hall–Kier alpha value is -3.27. The summed E-state index contributed by atoms with van der Waals surface area (Å²) in [7, 11) is 0. The lowest BCUT2D eigenvalue weighted by Crippen LogP contribution is -2.03. The van der Waals surface area contributed by atoms with Gasteiger partial charge >= 0.3 is 0 Å². The Bertz CT molecular complexity index is 1110. The Labute approximate surface area is 157 Å². The van der Waals surface area contributed by atoms with E-state index in [0.717, 1.165) is 24.0 Å². The molecule has 0 aliphatic heterocycles. The van der Waals surface area contributed by atoms with Crippen molar-refractivity contribution in [2.75, 3.05) is 13.2 Å². The predicted molar refractivity (Wildman–Crippen MR) is 107 cm³/mol. The van der Waals surface area contributed by atoms with E-state index in [4.69, 9.17) is 13.9 Å². The van der Waals surface area contributed by atoms with Gasteiger partial charge in [0.1, 0.15) is 17.1 Å². The lowest BCUT2D eigenvalue weighted by atomic mass is 10.1. The highest BCUT2D eigenvalue weighted by atomic mass is 16.5. The third-order valence-electron chi connectivity index (χ3n) is 4.45. The topological polar surface area (TPSA) is 48.7 Å². The van der Waals surface area contributed by atoms with Gasteiger partial charge in [-0.3, -0.25) is 4.79 Å². The molecule has 4 rings (SSSR count). The number of hydrogen-bond acceptors (Lipinski definition) is 4. The second-order valence-corrected chi connectivity index (χ2v) is 6.32. The zero-order chi connectivity index (χ0) is 18.5. The minimum Gasteiger partial charge on any atom is -0.493 e. The summed E-state index contributed by atoms with van der Waals surface area (Å²) in [4.78, 5) is 11.7. The Balaban J connectivity index is 1.26. The molecule has 0 bridgehead atoms. The van der Waals surface area contributed by atoms with Crippen LogP contribution in [0, 0.1) is 0 Å². The third-order valence-corrected chi connectivity index (χ3v) is 4.45. The van der Waals surface area contributed by atoms with E-state index in [-0.39, 0.29) is 5.43 Å². The van der Waals surface area contributed by atoms with Crippen molar-refractivity contribution >= 4 is 21.7 Å². The highest BCUT2D eigenvalue weighted by Gasteiger charge is 2.03. The standard InChI is InChI=1S/C23H20O4/c24-21-12-15-27-23-16-18(10-11-20(21)23)25-13-3-4-14-26-22-9-5-7-17-6-1-2-8-19(17)22/h1-2,5-12,15-16H,3-4,13-14H2. The first-order valence-corrected chi connectivity index (χ1v) is 9.06. The van der Waals surface area contributed by atoms with Crippen molar-refractivity contribution in [1.82, 2.24) is 0 Å². The maximum atomic E-state index is 11.7. The summed E-state index contributed by atoms with van der Waals surface area (Å²) >= 11 is 0. The van der Waals surface area contributed by atoms with Crippen molar-refractivity contribution in [2.24, 2.45) is 0 Å². The third kappa shape index (κ3) is 3.95. The lowest BCUT2D eigenvalue weighted by Gasteiger charge is -2.10. The van der Waals surface area contributed by atoms with Gasteiger partial charge < -0.3 is 13.9 Å². The van der Waals surface area contributed by atoms with Gasteiger partial charge in [-0.15, -0.1) is 0 Å². The van der Waals surface area contributed by atoms with Crippen LogP contribution >= 0.6 is 0 Å². The van der Waals surface area contributed by atoms with E-state index in [2.05, 4.69) is 18.2 Å². The fourth-order valence-corrected chi connectivity index (χ4v) is 3.05. The van der Waals surface area contributed by atoms with Crippen LogP contribution in [0.4, 0.5) is 0 Å². The molecule has 4 aromatic rings. The summed E-state index contributed by atoms with van der Waals surface area (Å²) in [6.45, 7) is 1.23. The molecule has 0 aliphatic carbocycles. The second kappa shape index (κ2) is 7.96. The molecule has 0 saturated heterocycles. The van der Waals surface area contributed by atoms with Crippen LogP contribution in [-0.2, 0) is 0 Å². The minimum atomic E-state index is -0.0478. The molecule has 0 radical (unpaired) electrons. The molecule has 0 amide bonds.